The third kappa shape index (κ3) is 2.64. The lowest BCUT2D eigenvalue weighted by molar-refractivity contribution is 0.501. The zero-order valence-corrected chi connectivity index (χ0v) is 11.6. The van der Waals surface area contributed by atoms with Gasteiger partial charge in [-0.15, -0.1) is 0 Å². The lowest BCUT2D eigenvalue weighted by atomic mass is 10.2. The van der Waals surface area contributed by atoms with Crippen LogP contribution in [-0.2, 0) is 6.54 Å². The molecule has 4 nitrogen and oxygen atoms in total. The molecule has 20 heavy (non-hydrogen) atoms. The molecule has 3 rings (SSSR count). The number of nitrogens with zero attached hydrogens (tertiary/aromatic N) is 2. The summed E-state index contributed by atoms with van der Waals surface area (Å²) in [5.41, 5.74) is 3.75. The Labute approximate surface area is 117 Å². The van der Waals surface area contributed by atoms with Gasteiger partial charge in [0.1, 0.15) is 5.52 Å². The molecule has 0 aliphatic carbocycles. The maximum Gasteiger partial charge on any atom is 0.198 e. The molecule has 3 aromatic rings. The average Bonchev–Trinajstić information content (AvgIpc) is 2.89. The summed E-state index contributed by atoms with van der Waals surface area (Å²) < 4.78 is 5.70. The monoisotopic (exact) mass is 267 g/mol. The number of rotatable bonds is 4. The topological polar surface area (TPSA) is 51.0 Å². The first-order chi connectivity index (χ1) is 9.72. The van der Waals surface area contributed by atoms with Gasteiger partial charge in [0.25, 0.3) is 0 Å². The molecule has 102 valence electrons. The van der Waals surface area contributed by atoms with Gasteiger partial charge in [-0.1, -0.05) is 19.9 Å². The minimum absolute atomic E-state index is 0.298. The number of hydrogen-bond acceptors (Lipinski definition) is 4. The Balaban J connectivity index is 1.78. The summed E-state index contributed by atoms with van der Waals surface area (Å²) in [6, 6.07) is 11.9. The summed E-state index contributed by atoms with van der Waals surface area (Å²) in [6.07, 6.45) is 1.80. The lowest BCUT2D eigenvalue weighted by Gasteiger charge is -2.05. The van der Waals surface area contributed by atoms with Crippen molar-refractivity contribution < 1.29 is 4.42 Å². The quantitative estimate of drug-likeness (QED) is 0.777. The summed E-state index contributed by atoms with van der Waals surface area (Å²) in [5.74, 6) is 1.08. The van der Waals surface area contributed by atoms with Gasteiger partial charge in [0, 0.05) is 17.8 Å². The normalized spacial score (nSPS) is 11.2. The van der Waals surface area contributed by atoms with Crippen molar-refractivity contribution in [2.24, 2.45) is 0 Å². The Morgan fingerprint density at radius 1 is 1.20 bits per heavy atom. The number of oxazole rings is 1. The van der Waals surface area contributed by atoms with Gasteiger partial charge in [-0.05, 0) is 30.3 Å². The van der Waals surface area contributed by atoms with Crippen LogP contribution in [0, 0.1) is 0 Å². The van der Waals surface area contributed by atoms with Crippen molar-refractivity contribution in [3.05, 3.63) is 54.2 Å². The molecule has 0 amide bonds. The third-order valence-corrected chi connectivity index (χ3v) is 3.10. The Hall–Kier alpha value is -2.36. The van der Waals surface area contributed by atoms with Gasteiger partial charge in [0.15, 0.2) is 11.5 Å². The van der Waals surface area contributed by atoms with E-state index < -0.39 is 0 Å². The second kappa shape index (κ2) is 5.33. The largest absolute Gasteiger partial charge is 0.440 e. The molecule has 4 heteroatoms. The zero-order chi connectivity index (χ0) is 13.9. The number of anilines is 1. The van der Waals surface area contributed by atoms with Crippen molar-refractivity contribution in [3.63, 3.8) is 0 Å². The number of hydrogen-bond donors (Lipinski definition) is 1. The van der Waals surface area contributed by atoms with Crippen LogP contribution in [0.5, 0.6) is 0 Å². The van der Waals surface area contributed by atoms with Crippen LogP contribution >= 0.6 is 0 Å². The second-order valence-electron chi connectivity index (χ2n) is 5.06. The van der Waals surface area contributed by atoms with Crippen LogP contribution in [0.15, 0.2) is 47.0 Å². The van der Waals surface area contributed by atoms with Gasteiger partial charge in [0.2, 0.25) is 0 Å². The molecular formula is C16H17N3O. The molecule has 1 aromatic carbocycles. The zero-order valence-electron chi connectivity index (χ0n) is 11.6. The van der Waals surface area contributed by atoms with Crippen molar-refractivity contribution in [1.29, 1.82) is 0 Å². The Morgan fingerprint density at radius 3 is 2.85 bits per heavy atom. The predicted molar refractivity (Wildman–Crippen MR) is 79.7 cm³/mol. The maximum absolute atomic E-state index is 5.70. The summed E-state index contributed by atoms with van der Waals surface area (Å²) in [4.78, 5) is 8.79. The van der Waals surface area contributed by atoms with E-state index in [0.29, 0.717) is 12.5 Å². The Bertz CT molecular complexity index is 704. The molecule has 0 saturated heterocycles. The molecule has 1 N–H and O–H groups in total. The minimum atomic E-state index is 0.298. The number of pyridine rings is 1. The first-order valence-electron chi connectivity index (χ1n) is 6.76. The number of nitrogens with one attached hydrogen (secondary N) is 1. The third-order valence-electron chi connectivity index (χ3n) is 3.10. The molecule has 2 aromatic heterocycles. The summed E-state index contributed by atoms with van der Waals surface area (Å²) in [5, 5.41) is 3.35. The number of aromatic nitrogens is 2. The van der Waals surface area contributed by atoms with Gasteiger partial charge < -0.3 is 9.73 Å². The molecular weight excluding hydrogens is 250 g/mol. The smallest absolute Gasteiger partial charge is 0.198 e. The molecule has 0 aliphatic heterocycles. The Kier molecular flexibility index (Phi) is 3.37. The van der Waals surface area contributed by atoms with E-state index in [-0.39, 0.29) is 0 Å². The molecule has 0 unspecified atom stereocenters. The first-order valence-corrected chi connectivity index (χ1v) is 6.76. The van der Waals surface area contributed by atoms with Crippen molar-refractivity contribution in [2.45, 2.75) is 26.3 Å². The van der Waals surface area contributed by atoms with E-state index in [2.05, 4.69) is 29.1 Å². The van der Waals surface area contributed by atoms with Gasteiger partial charge in [-0.2, -0.15) is 0 Å². The van der Waals surface area contributed by atoms with Crippen LogP contribution in [0.2, 0.25) is 0 Å². The van der Waals surface area contributed by atoms with Crippen LogP contribution in [0.25, 0.3) is 11.1 Å². The van der Waals surface area contributed by atoms with Crippen LogP contribution < -0.4 is 5.32 Å². The highest BCUT2D eigenvalue weighted by Crippen LogP contribution is 2.23. The van der Waals surface area contributed by atoms with Crippen molar-refractivity contribution >= 4 is 16.8 Å². The summed E-state index contributed by atoms with van der Waals surface area (Å²) in [6.45, 7) is 4.84. The number of fused-ring (bicyclic) bond motifs is 1. The van der Waals surface area contributed by atoms with Gasteiger partial charge in [0.05, 0.1) is 12.2 Å². The molecule has 0 aliphatic rings. The highest BCUT2D eigenvalue weighted by Gasteiger charge is 2.09. The average molecular weight is 267 g/mol. The van der Waals surface area contributed by atoms with E-state index in [9.17, 15) is 0 Å². The van der Waals surface area contributed by atoms with E-state index in [1.54, 1.807) is 6.20 Å². The predicted octanol–water partition coefficient (Wildman–Crippen LogP) is 3.96. The SMILES string of the molecule is CC(C)c1nc2cc(NCc3ccccn3)ccc2o1. The Morgan fingerprint density at radius 2 is 2.10 bits per heavy atom. The van der Waals surface area contributed by atoms with Gasteiger partial charge >= 0.3 is 0 Å². The van der Waals surface area contributed by atoms with Gasteiger partial charge in [-0.25, -0.2) is 4.98 Å². The fraction of sp³-hybridized carbons (Fsp3) is 0.250. The highest BCUT2D eigenvalue weighted by atomic mass is 16.3. The molecule has 0 spiro atoms. The van der Waals surface area contributed by atoms with Crippen molar-refractivity contribution in [3.8, 4) is 0 Å². The minimum Gasteiger partial charge on any atom is -0.440 e. The molecule has 0 saturated carbocycles. The highest BCUT2D eigenvalue weighted by molar-refractivity contribution is 5.77. The number of benzene rings is 1. The fourth-order valence-corrected chi connectivity index (χ4v) is 2.00. The molecule has 0 bridgehead atoms. The standard InChI is InChI=1S/C16H17N3O/c1-11(2)16-19-14-9-12(6-7-15(14)20-16)18-10-13-5-3-4-8-17-13/h3-9,11,18H,10H2,1-2H3. The van der Waals surface area contributed by atoms with E-state index in [1.165, 1.54) is 0 Å². The fourth-order valence-electron chi connectivity index (χ4n) is 2.00. The molecule has 0 atom stereocenters. The van der Waals surface area contributed by atoms with Crippen molar-refractivity contribution in [2.75, 3.05) is 5.32 Å². The van der Waals surface area contributed by atoms with Crippen LogP contribution in [0.1, 0.15) is 31.4 Å². The lowest BCUT2D eigenvalue weighted by Crippen LogP contribution is -2.00. The van der Waals surface area contributed by atoms with E-state index in [4.69, 9.17) is 4.42 Å². The van der Waals surface area contributed by atoms with Crippen LogP contribution in [0.3, 0.4) is 0 Å². The molecule has 0 radical (unpaired) electrons. The second-order valence-corrected chi connectivity index (χ2v) is 5.06. The van der Waals surface area contributed by atoms with Gasteiger partial charge in [-0.3, -0.25) is 4.98 Å². The van der Waals surface area contributed by atoms with Crippen LogP contribution in [0.4, 0.5) is 5.69 Å². The first kappa shape index (κ1) is 12.7. The van der Waals surface area contributed by atoms with E-state index in [1.807, 2.05) is 36.4 Å². The summed E-state index contributed by atoms with van der Waals surface area (Å²) >= 11 is 0. The van der Waals surface area contributed by atoms with Crippen molar-refractivity contribution in [1.82, 2.24) is 9.97 Å². The van der Waals surface area contributed by atoms with E-state index in [0.717, 1.165) is 28.4 Å². The van der Waals surface area contributed by atoms with Crippen LogP contribution in [-0.4, -0.2) is 9.97 Å². The maximum atomic E-state index is 5.70. The van der Waals surface area contributed by atoms with E-state index >= 15 is 0 Å². The molecule has 0 fully saturated rings. The summed E-state index contributed by atoms with van der Waals surface area (Å²) in [7, 11) is 0. The molecule has 2 heterocycles.